The Kier molecular flexibility index (Phi) is 4.76. The Morgan fingerprint density at radius 2 is 1.95 bits per heavy atom. The van der Waals surface area contributed by atoms with Crippen molar-refractivity contribution in [2.24, 2.45) is 0 Å². The molecule has 1 saturated heterocycles. The van der Waals surface area contributed by atoms with Gasteiger partial charge in [0.15, 0.2) is 0 Å². The summed E-state index contributed by atoms with van der Waals surface area (Å²) in [4.78, 5) is 14.2. The van der Waals surface area contributed by atoms with Crippen molar-refractivity contribution in [3.8, 4) is 0 Å². The van der Waals surface area contributed by atoms with Crippen LogP contribution in [0.5, 0.6) is 0 Å². The van der Waals surface area contributed by atoms with Crippen LogP contribution in [0.3, 0.4) is 0 Å². The topological polar surface area (TPSA) is 41.6 Å². The lowest BCUT2D eigenvalue weighted by Crippen LogP contribution is -2.28. The number of nitrogens with zero attached hydrogens (tertiary/aromatic N) is 1. The molecule has 0 amide bonds. The Hall–Kier alpha value is -1.71. The number of ether oxygens (including phenoxy) is 1. The van der Waals surface area contributed by atoms with Gasteiger partial charge in [-0.05, 0) is 58.2 Å². The largest absolute Gasteiger partial charge is 0.459 e. The van der Waals surface area contributed by atoms with E-state index in [1.165, 1.54) is 24.1 Å². The van der Waals surface area contributed by atoms with Crippen molar-refractivity contribution in [2.45, 2.75) is 46.1 Å². The van der Waals surface area contributed by atoms with E-state index in [0.717, 1.165) is 18.8 Å². The molecule has 1 aromatic carbocycles. The molecule has 4 nitrogen and oxygen atoms in total. The van der Waals surface area contributed by atoms with E-state index >= 15 is 0 Å². The molecular formula is C17H26N2O2. The van der Waals surface area contributed by atoms with E-state index < -0.39 is 5.60 Å². The van der Waals surface area contributed by atoms with E-state index in [2.05, 4.69) is 29.3 Å². The summed E-state index contributed by atoms with van der Waals surface area (Å²) >= 11 is 0. The number of hydrogen-bond acceptors (Lipinski definition) is 4. The lowest BCUT2D eigenvalue weighted by atomic mass is 10.1. The summed E-state index contributed by atoms with van der Waals surface area (Å²) in [6.45, 7) is 10.2. The summed E-state index contributed by atoms with van der Waals surface area (Å²) in [7, 11) is 0. The molecule has 1 heterocycles. The Bertz CT molecular complexity index is 500. The maximum Gasteiger partial charge on any atom is 0.325 e. The maximum absolute atomic E-state index is 11.7. The molecule has 1 N–H and O–H groups in total. The van der Waals surface area contributed by atoms with Gasteiger partial charge < -0.3 is 15.0 Å². The van der Waals surface area contributed by atoms with E-state index in [4.69, 9.17) is 4.74 Å². The van der Waals surface area contributed by atoms with E-state index in [-0.39, 0.29) is 12.5 Å². The van der Waals surface area contributed by atoms with Gasteiger partial charge in [-0.15, -0.1) is 0 Å². The Labute approximate surface area is 127 Å². The van der Waals surface area contributed by atoms with Crippen molar-refractivity contribution < 1.29 is 9.53 Å². The van der Waals surface area contributed by atoms with E-state index in [1.807, 2.05) is 26.8 Å². The minimum Gasteiger partial charge on any atom is -0.459 e. The van der Waals surface area contributed by atoms with Crippen LogP contribution in [0, 0.1) is 6.92 Å². The lowest BCUT2D eigenvalue weighted by molar-refractivity contribution is -0.152. The summed E-state index contributed by atoms with van der Waals surface area (Å²) < 4.78 is 5.30. The number of anilines is 2. The number of nitrogens with one attached hydrogen (secondary N) is 1. The fourth-order valence-electron chi connectivity index (χ4n) is 2.57. The second-order valence-electron chi connectivity index (χ2n) is 6.64. The number of benzene rings is 1. The normalized spacial score (nSPS) is 15.1. The average molecular weight is 290 g/mol. The number of carbonyl (C=O) groups excluding carboxylic acids is 1. The van der Waals surface area contributed by atoms with Crippen LogP contribution in [-0.4, -0.2) is 31.2 Å². The molecule has 0 bridgehead atoms. The number of aryl methyl sites for hydroxylation is 1. The maximum atomic E-state index is 11.7. The van der Waals surface area contributed by atoms with Gasteiger partial charge in [0.25, 0.3) is 0 Å². The summed E-state index contributed by atoms with van der Waals surface area (Å²) in [6.07, 6.45) is 2.52. The molecule has 0 radical (unpaired) electrons. The lowest BCUT2D eigenvalue weighted by Gasteiger charge is -2.22. The summed E-state index contributed by atoms with van der Waals surface area (Å²) in [5.74, 6) is -0.231. The van der Waals surface area contributed by atoms with Gasteiger partial charge in [-0.3, -0.25) is 4.79 Å². The number of carbonyl (C=O) groups is 1. The van der Waals surface area contributed by atoms with Crippen molar-refractivity contribution in [3.05, 3.63) is 23.8 Å². The van der Waals surface area contributed by atoms with Gasteiger partial charge in [-0.2, -0.15) is 0 Å². The van der Waals surface area contributed by atoms with Gasteiger partial charge in [-0.25, -0.2) is 0 Å². The molecule has 0 atom stereocenters. The van der Waals surface area contributed by atoms with Crippen LogP contribution in [-0.2, 0) is 9.53 Å². The van der Waals surface area contributed by atoms with Crippen LogP contribution in [0.2, 0.25) is 0 Å². The molecule has 1 fully saturated rings. The van der Waals surface area contributed by atoms with E-state index in [0.29, 0.717) is 0 Å². The molecule has 2 rings (SSSR count). The molecule has 0 unspecified atom stereocenters. The van der Waals surface area contributed by atoms with Crippen LogP contribution >= 0.6 is 0 Å². The fraction of sp³-hybridized carbons (Fsp3) is 0.588. The van der Waals surface area contributed by atoms with Crippen LogP contribution in [0.4, 0.5) is 11.4 Å². The minimum absolute atomic E-state index is 0.194. The first-order valence-corrected chi connectivity index (χ1v) is 7.66. The highest BCUT2D eigenvalue weighted by molar-refractivity contribution is 5.76. The zero-order chi connectivity index (χ0) is 15.5. The SMILES string of the molecule is Cc1ccc(NCC(=O)OC(C)(C)C)cc1N1CCCC1. The first-order chi connectivity index (χ1) is 9.85. The molecule has 0 saturated carbocycles. The zero-order valence-corrected chi connectivity index (χ0v) is 13.5. The van der Waals surface area contributed by atoms with Gasteiger partial charge in [0.05, 0.1) is 0 Å². The molecule has 0 aliphatic carbocycles. The molecule has 116 valence electrons. The average Bonchev–Trinajstić information content (AvgIpc) is 2.89. The molecule has 4 heteroatoms. The summed E-state index contributed by atoms with van der Waals surface area (Å²) in [5, 5.41) is 3.16. The molecule has 1 aliphatic rings. The third-order valence-electron chi connectivity index (χ3n) is 3.51. The predicted molar refractivity (Wildman–Crippen MR) is 87.0 cm³/mol. The van der Waals surface area contributed by atoms with Crippen molar-refractivity contribution in [1.29, 1.82) is 0 Å². The quantitative estimate of drug-likeness (QED) is 0.864. The van der Waals surface area contributed by atoms with Crippen LogP contribution in [0.1, 0.15) is 39.2 Å². The second-order valence-corrected chi connectivity index (χ2v) is 6.64. The number of hydrogen-bond donors (Lipinski definition) is 1. The summed E-state index contributed by atoms with van der Waals surface area (Å²) in [5.41, 5.74) is 3.07. The third-order valence-corrected chi connectivity index (χ3v) is 3.51. The van der Waals surface area contributed by atoms with Crippen molar-refractivity contribution in [1.82, 2.24) is 0 Å². The van der Waals surface area contributed by atoms with E-state index in [9.17, 15) is 4.79 Å². The van der Waals surface area contributed by atoms with Crippen LogP contribution in [0.25, 0.3) is 0 Å². The molecule has 21 heavy (non-hydrogen) atoms. The van der Waals surface area contributed by atoms with Gasteiger partial charge in [0, 0.05) is 24.5 Å². The van der Waals surface area contributed by atoms with Gasteiger partial charge in [0.1, 0.15) is 12.1 Å². The van der Waals surface area contributed by atoms with Crippen molar-refractivity contribution >= 4 is 17.3 Å². The third kappa shape index (κ3) is 4.66. The molecular weight excluding hydrogens is 264 g/mol. The van der Waals surface area contributed by atoms with Crippen molar-refractivity contribution in [3.63, 3.8) is 0 Å². The first-order valence-electron chi connectivity index (χ1n) is 7.66. The fourth-order valence-corrected chi connectivity index (χ4v) is 2.57. The standard InChI is InChI=1S/C17H26N2O2/c1-13-7-8-14(11-15(13)19-9-5-6-10-19)18-12-16(20)21-17(2,3)4/h7-8,11,18H,5-6,9-10,12H2,1-4H3. The summed E-state index contributed by atoms with van der Waals surface area (Å²) in [6, 6.07) is 6.25. The monoisotopic (exact) mass is 290 g/mol. The molecule has 0 aromatic heterocycles. The first kappa shape index (κ1) is 15.7. The number of rotatable bonds is 4. The predicted octanol–water partition coefficient (Wildman–Crippen LogP) is 3.35. The Balaban J connectivity index is 1.97. The Morgan fingerprint density at radius 3 is 2.57 bits per heavy atom. The molecule has 0 spiro atoms. The van der Waals surface area contributed by atoms with Gasteiger partial charge in [-0.1, -0.05) is 6.07 Å². The van der Waals surface area contributed by atoms with E-state index in [1.54, 1.807) is 0 Å². The highest BCUT2D eigenvalue weighted by atomic mass is 16.6. The van der Waals surface area contributed by atoms with Gasteiger partial charge >= 0.3 is 5.97 Å². The molecule has 1 aliphatic heterocycles. The van der Waals surface area contributed by atoms with Crippen molar-refractivity contribution in [2.75, 3.05) is 29.9 Å². The Morgan fingerprint density at radius 1 is 1.29 bits per heavy atom. The molecule has 1 aromatic rings. The second kappa shape index (κ2) is 6.37. The smallest absolute Gasteiger partial charge is 0.325 e. The highest BCUT2D eigenvalue weighted by Gasteiger charge is 2.17. The highest BCUT2D eigenvalue weighted by Crippen LogP contribution is 2.27. The number of esters is 1. The van der Waals surface area contributed by atoms with Gasteiger partial charge in [0.2, 0.25) is 0 Å². The zero-order valence-electron chi connectivity index (χ0n) is 13.5. The minimum atomic E-state index is -0.438. The van der Waals surface area contributed by atoms with Crippen LogP contribution < -0.4 is 10.2 Å². The van der Waals surface area contributed by atoms with Crippen LogP contribution in [0.15, 0.2) is 18.2 Å².